The monoisotopic (exact) mass is 470 g/mol. The van der Waals surface area contributed by atoms with Crippen molar-refractivity contribution in [3.8, 4) is 0 Å². The zero-order chi connectivity index (χ0) is 25.1. The van der Waals surface area contributed by atoms with Gasteiger partial charge < -0.3 is 26.0 Å². The van der Waals surface area contributed by atoms with Crippen molar-refractivity contribution in [2.24, 2.45) is 5.92 Å². The third-order valence-electron chi connectivity index (χ3n) is 4.89. The van der Waals surface area contributed by atoms with Crippen molar-refractivity contribution in [3.63, 3.8) is 0 Å². The second-order valence-corrected chi connectivity index (χ2v) is 8.47. The van der Waals surface area contributed by atoms with Crippen LogP contribution in [0.2, 0.25) is 0 Å². The number of carbonyl (C=O) groups excluding carboxylic acids is 5. The first-order chi connectivity index (χ1) is 15.7. The highest BCUT2D eigenvalue weighted by molar-refractivity contribution is 5.92. The van der Waals surface area contributed by atoms with E-state index in [9.17, 15) is 24.0 Å². The first kappa shape index (κ1) is 30.4. The molecule has 0 aliphatic heterocycles. The maximum atomic E-state index is 12.3. The van der Waals surface area contributed by atoms with E-state index >= 15 is 0 Å². The molecular formula is C23H42N4O6. The molecular weight excluding hydrogens is 428 g/mol. The van der Waals surface area contributed by atoms with Gasteiger partial charge in [-0.2, -0.15) is 0 Å². The van der Waals surface area contributed by atoms with Crippen LogP contribution < -0.4 is 21.3 Å². The van der Waals surface area contributed by atoms with Gasteiger partial charge >= 0.3 is 5.97 Å². The minimum Gasteiger partial charge on any atom is -0.468 e. The number of nitrogens with one attached hydrogen (secondary N) is 4. The van der Waals surface area contributed by atoms with Gasteiger partial charge in [-0.3, -0.25) is 24.0 Å². The summed E-state index contributed by atoms with van der Waals surface area (Å²) in [5.41, 5.74) is 0. The number of ether oxygens (including phenoxy) is 1. The minimum atomic E-state index is -0.847. The maximum Gasteiger partial charge on any atom is 0.325 e. The average molecular weight is 471 g/mol. The summed E-state index contributed by atoms with van der Waals surface area (Å²) >= 11 is 0. The SMILES string of the molecule is CCCCCCCCCC(=O)NCC(=O)NCC(=O)N[C@@H](CC(C)C)C(=O)NCC(=O)OC. The Balaban J connectivity index is 4.17. The van der Waals surface area contributed by atoms with E-state index in [4.69, 9.17) is 0 Å². The Morgan fingerprint density at radius 1 is 0.727 bits per heavy atom. The summed E-state index contributed by atoms with van der Waals surface area (Å²) in [4.78, 5) is 59.3. The topological polar surface area (TPSA) is 143 Å². The summed E-state index contributed by atoms with van der Waals surface area (Å²) in [6.07, 6.45) is 8.50. The molecule has 0 radical (unpaired) electrons. The van der Waals surface area contributed by atoms with Crippen molar-refractivity contribution in [2.75, 3.05) is 26.7 Å². The largest absolute Gasteiger partial charge is 0.468 e. The summed E-state index contributed by atoms with van der Waals surface area (Å²) in [5, 5.41) is 9.93. The first-order valence-electron chi connectivity index (χ1n) is 11.9. The molecule has 0 saturated carbocycles. The summed E-state index contributed by atoms with van der Waals surface area (Å²) in [6.45, 7) is 5.12. The Bertz CT molecular complexity index is 624. The quantitative estimate of drug-likeness (QED) is 0.175. The highest BCUT2D eigenvalue weighted by Crippen LogP contribution is 2.08. The molecule has 10 heteroatoms. The third kappa shape index (κ3) is 17.6. The average Bonchev–Trinajstić information content (AvgIpc) is 2.78. The molecule has 190 valence electrons. The molecule has 0 fully saturated rings. The number of hydrogen-bond acceptors (Lipinski definition) is 6. The number of unbranched alkanes of at least 4 members (excludes halogenated alkanes) is 6. The fourth-order valence-corrected chi connectivity index (χ4v) is 3.05. The van der Waals surface area contributed by atoms with Gasteiger partial charge in [0.15, 0.2) is 0 Å². The number of carbonyl (C=O) groups is 5. The molecule has 0 saturated heterocycles. The van der Waals surface area contributed by atoms with E-state index in [1.165, 1.54) is 32.8 Å². The zero-order valence-electron chi connectivity index (χ0n) is 20.6. The van der Waals surface area contributed by atoms with E-state index < -0.39 is 29.7 Å². The van der Waals surface area contributed by atoms with Gasteiger partial charge in [-0.05, 0) is 18.8 Å². The van der Waals surface area contributed by atoms with Gasteiger partial charge in [0.25, 0.3) is 0 Å². The van der Waals surface area contributed by atoms with Crippen molar-refractivity contribution >= 4 is 29.6 Å². The molecule has 0 aromatic heterocycles. The fraction of sp³-hybridized carbons (Fsp3) is 0.783. The fourth-order valence-electron chi connectivity index (χ4n) is 3.05. The molecule has 0 heterocycles. The second kappa shape index (κ2) is 18.9. The molecule has 0 rings (SSSR count). The van der Waals surface area contributed by atoms with E-state index in [-0.39, 0.29) is 31.5 Å². The van der Waals surface area contributed by atoms with Crippen LogP contribution in [0.15, 0.2) is 0 Å². The Morgan fingerprint density at radius 3 is 1.91 bits per heavy atom. The molecule has 0 unspecified atom stereocenters. The number of esters is 1. The van der Waals surface area contributed by atoms with Gasteiger partial charge in [0.05, 0.1) is 20.2 Å². The summed E-state index contributed by atoms with van der Waals surface area (Å²) in [5.74, 6) is -2.22. The van der Waals surface area contributed by atoms with E-state index in [0.717, 1.165) is 19.3 Å². The molecule has 33 heavy (non-hydrogen) atoms. The number of hydrogen-bond donors (Lipinski definition) is 4. The molecule has 0 aliphatic carbocycles. The Labute approximate surface area is 197 Å². The Hall–Kier alpha value is -2.65. The second-order valence-electron chi connectivity index (χ2n) is 8.47. The van der Waals surface area contributed by atoms with Gasteiger partial charge in [0.2, 0.25) is 23.6 Å². The van der Waals surface area contributed by atoms with Gasteiger partial charge in [0, 0.05) is 6.42 Å². The van der Waals surface area contributed by atoms with E-state index in [2.05, 4.69) is 32.9 Å². The molecule has 4 N–H and O–H groups in total. The van der Waals surface area contributed by atoms with Crippen LogP contribution in [0.1, 0.15) is 78.6 Å². The lowest BCUT2D eigenvalue weighted by Crippen LogP contribution is -2.51. The van der Waals surface area contributed by atoms with Crippen LogP contribution in [0.25, 0.3) is 0 Å². The Morgan fingerprint density at radius 2 is 1.30 bits per heavy atom. The summed E-state index contributed by atoms with van der Waals surface area (Å²) in [7, 11) is 1.21. The van der Waals surface area contributed by atoms with Crippen LogP contribution in [-0.2, 0) is 28.7 Å². The predicted octanol–water partition coefficient (Wildman–Crippen LogP) is 1.18. The van der Waals surface area contributed by atoms with Gasteiger partial charge in [-0.1, -0.05) is 59.3 Å². The normalized spacial score (nSPS) is 11.4. The highest BCUT2D eigenvalue weighted by atomic mass is 16.5. The molecule has 0 bridgehead atoms. The van der Waals surface area contributed by atoms with Crippen molar-refractivity contribution in [1.82, 2.24) is 21.3 Å². The molecule has 10 nitrogen and oxygen atoms in total. The lowest BCUT2D eigenvalue weighted by Gasteiger charge is -2.20. The molecule has 1 atom stereocenters. The number of amides is 4. The van der Waals surface area contributed by atoms with Crippen molar-refractivity contribution < 1.29 is 28.7 Å². The number of rotatable bonds is 18. The van der Waals surface area contributed by atoms with Crippen LogP contribution in [0, 0.1) is 5.92 Å². The molecule has 0 aromatic carbocycles. The smallest absolute Gasteiger partial charge is 0.325 e. The van der Waals surface area contributed by atoms with E-state index in [0.29, 0.717) is 12.8 Å². The van der Waals surface area contributed by atoms with Crippen LogP contribution in [0.5, 0.6) is 0 Å². The van der Waals surface area contributed by atoms with Crippen molar-refractivity contribution in [1.29, 1.82) is 0 Å². The molecule has 0 spiro atoms. The standard InChI is InChI=1S/C23H42N4O6/c1-5-6-7-8-9-10-11-12-19(28)24-14-20(29)25-15-21(30)27-18(13-17(2)3)23(32)26-16-22(31)33-4/h17-18H,5-16H2,1-4H3,(H,24,28)(H,25,29)(H,26,32)(H,27,30)/t18-/m0/s1. The summed E-state index contributed by atoms with van der Waals surface area (Å²) in [6, 6.07) is -0.847. The number of methoxy groups -OCH3 is 1. The van der Waals surface area contributed by atoms with Gasteiger partial charge in [-0.25, -0.2) is 0 Å². The van der Waals surface area contributed by atoms with Crippen molar-refractivity contribution in [3.05, 3.63) is 0 Å². The zero-order valence-corrected chi connectivity index (χ0v) is 20.6. The molecule has 0 aromatic rings. The highest BCUT2D eigenvalue weighted by Gasteiger charge is 2.22. The van der Waals surface area contributed by atoms with E-state index in [1.807, 2.05) is 13.8 Å². The first-order valence-corrected chi connectivity index (χ1v) is 11.9. The van der Waals surface area contributed by atoms with Crippen LogP contribution in [0.4, 0.5) is 0 Å². The van der Waals surface area contributed by atoms with Gasteiger partial charge in [-0.15, -0.1) is 0 Å². The van der Waals surface area contributed by atoms with E-state index in [1.54, 1.807) is 0 Å². The summed E-state index contributed by atoms with van der Waals surface area (Å²) < 4.78 is 4.47. The van der Waals surface area contributed by atoms with Crippen LogP contribution >= 0.6 is 0 Å². The lowest BCUT2D eigenvalue weighted by atomic mass is 10.0. The third-order valence-corrected chi connectivity index (χ3v) is 4.89. The maximum absolute atomic E-state index is 12.3. The molecule has 4 amide bonds. The minimum absolute atomic E-state index is 0.111. The van der Waals surface area contributed by atoms with Crippen LogP contribution in [-0.4, -0.2) is 62.4 Å². The van der Waals surface area contributed by atoms with Crippen molar-refractivity contribution in [2.45, 2.75) is 84.6 Å². The Kier molecular flexibility index (Phi) is 17.4. The lowest BCUT2D eigenvalue weighted by molar-refractivity contribution is -0.141. The predicted molar refractivity (Wildman–Crippen MR) is 125 cm³/mol. The van der Waals surface area contributed by atoms with Gasteiger partial charge in [0.1, 0.15) is 12.6 Å². The molecule has 0 aliphatic rings. The van der Waals surface area contributed by atoms with Crippen LogP contribution in [0.3, 0.4) is 0 Å².